The van der Waals surface area contributed by atoms with E-state index in [-0.39, 0.29) is 5.41 Å². The molecule has 0 amide bonds. The number of hydrogen-bond acceptors (Lipinski definition) is 1. The van der Waals surface area contributed by atoms with Crippen LogP contribution in [-0.4, -0.2) is 11.1 Å². The van der Waals surface area contributed by atoms with Crippen LogP contribution >= 0.6 is 0 Å². The third-order valence-electron chi connectivity index (χ3n) is 3.85. The first-order chi connectivity index (χ1) is 5.98. The van der Waals surface area contributed by atoms with E-state index in [4.69, 9.17) is 5.11 Å². The molecule has 0 saturated heterocycles. The zero-order valence-corrected chi connectivity index (χ0v) is 8.47. The number of carboxylic acids is 1. The van der Waals surface area contributed by atoms with Gasteiger partial charge in [0.25, 0.3) is 0 Å². The Labute approximate surface area is 79.3 Å². The van der Waals surface area contributed by atoms with Gasteiger partial charge in [0.2, 0.25) is 0 Å². The van der Waals surface area contributed by atoms with E-state index in [2.05, 4.69) is 13.8 Å². The highest BCUT2D eigenvalue weighted by Crippen LogP contribution is 2.75. The Bertz CT molecular complexity index is 223. The topological polar surface area (TPSA) is 37.3 Å². The minimum Gasteiger partial charge on any atom is -0.481 e. The van der Waals surface area contributed by atoms with Gasteiger partial charge >= 0.3 is 5.97 Å². The van der Waals surface area contributed by atoms with Crippen LogP contribution in [0.5, 0.6) is 0 Å². The van der Waals surface area contributed by atoms with Crippen molar-refractivity contribution in [2.45, 2.75) is 46.0 Å². The molecule has 2 nitrogen and oxygen atoms in total. The highest BCUT2D eigenvalue weighted by molar-refractivity contribution is 5.79. The van der Waals surface area contributed by atoms with E-state index in [1.165, 1.54) is 12.8 Å². The predicted molar refractivity (Wildman–Crippen MR) is 50.4 cm³/mol. The molecule has 0 aromatic heterocycles. The largest absolute Gasteiger partial charge is 0.481 e. The van der Waals surface area contributed by atoms with E-state index in [9.17, 15) is 4.79 Å². The molecule has 13 heavy (non-hydrogen) atoms. The first-order valence-corrected chi connectivity index (χ1v) is 5.22. The summed E-state index contributed by atoms with van der Waals surface area (Å²) in [4.78, 5) is 10.8. The average Bonchev–Trinajstić information content (AvgIpc) is 1.79. The van der Waals surface area contributed by atoms with Crippen LogP contribution in [0.25, 0.3) is 0 Å². The maximum absolute atomic E-state index is 10.8. The van der Waals surface area contributed by atoms with Crippen LogP contribution in [0.3, 0.4) is 0 Å². The smallest absolute Gasteiger partial charge is 0.309 e. The monoisotopic (exact) mass is 182 g/mol. The highest BCUT2D eigenvalue weighted by atomic mass is 16.4. The van der Waals surface area contributed by atoms with Crippen LogP contribution in [-0.2, 0) is 4.79 Å². The molecule has 3 saturated carbocycles. The maximum Gasteiger partial charge on any atom is 0.309 e. The molecule has 1 N–H and O–H groups in total. The van der Waals surface area contributed by atoms with Gasteiger partial charge < -0.3 is 5.11 Å². The van der Waals surface area contributed by atoms with Crippen molar-refractivity contribution in [3.63, 3.8) is 0 Å². The second-order valence-corrected chi connectivity index (χ2v) is 5.55. The van der Waals surface area contributed by atoms with Crippen molar-refractivity contribution in [3.8, 4) is 0 Å². The third-order valence-corrected chi connectivity index (χ3v) is 3.85. The van der Waals surface area contributed by atoms with Gasteiger partial charge in [-0.05, 0) is 37.0 Å². The molecule has 0 atom stereocenters. The zero-order chi connectivity index (χ0) is 9.69. The lowest BCUT2D eigenvalue weighted by Crippen LogP contribution is -2.65. The van der Waals surface area contributed by atoms with E-state index in [1.807, 2.05) is 0 Å². The van der Waals surface area contributed by atoms with Gasteiger partial charge in [-0.25, -0.2) is 0 Å². The molecule has 3 aliphatic carbocycles. The fourth-order valence-corrected chi connectivity index (χ4v) is 3.09. The van der Waals surface area contributed by atoms with Gasteiger partial charge in [-0.3, -0.25) is 4.79 Å². The van der Waals surface area contributed by atoms with Gasteiger partial charge in [0.15, 0.2) is 0 Å². The van der Waals surface area contributed by atoms with E-state index in [0.29, 0.717) is 5.41 Å². The van der Waals surface area contributed by atoms with Gasteiger partial charge in [-0.2, -0.15) is 0 Å². The number of hydrogen-bond donors (Lipinski definition) is 1. The maximum atomic E-state index is 10.8. The summed E-state index contributed by atoms with van der Waals surface area (Å²) < 4.78 is 0. The summed E-state index contributed by atoms with van der Waals surface area (Å²) in [5.74, 6) is 0.203. The molecule has 74 valence electrons. The summed E-state index contributed by atoms with van der Waals surface area (Å²) in [5, 5.41) is 8.92. The molecular formula is C11H18O2. The Kier molecular flexibility index (Phi) is 1.73. The first-order valence-electron chi connectivity index (χ1n) is 5.22. The minimum absolute atomic E-state index is 0.267. The molecular weight excluding hydrogens is 164 g/mol. The Morgan fingerprint density at radius 1 is 1.38 bits per heavy atom. The van der Waals surface area contributed by atoms with E-state index in [0.717, 1.165) is 25.2 Å². The molecule has 0 unspecified atom stereocenters. The Morgan fingerprint density at radius 3 is 2.31 bits per heavy atom. The fourth-order valence-electron chi connectivity index (χ4n) is 3.09. The molecule has 2 bridgehead atoms. The normalized spacial score (nSPS) is 41.2. The fraction of sp³-hybridized carbons (Fsp3) is 0.909. The van der Waals surface area contributed by atoms with Crippen LogP contribution in [0.2, 0.25) is 0 Å². The van der Waals surface area contributed by atoms with Crippen LogP contribution < -0.4 is 0 Å². The van der Waals surface area contributed by atoms with Crippen molar-refractivity contribution in [2.75, 3.05) is 0 Å². The lowest BCUT2D eigenvalue weighted by Gasteiger charge is -2.68. The van der Waals surface area contributed by atoms with E-state index < -0.39 is 5.97 Å². The van der Waals surface area contributed by atoms with E-state index in [1.54, 1.807) is 0 Å². The molecule has 3 fully saturated rings. The lowest BCUT2D eigenvalue weighted by atomic mass is 9.34. The SMILES string of the molecule is CC(C)CCC12CC(C(=O)O)(C1)C2. The van der Waals surface area contributed by atoms with Gasteiger partial charge in [0.05, 0.1) is 5.41 Å². The van der Waals surface area contributed by atoms with Gasteiger partial charge in [-0.15, -0.1) is 0 Å². The summed E-state index contributed by atoms with van der Waals surface area (Å²) >= 11 is 0. The zero-order valence-electron chi connectivity index (χ0n) is 8.47. The van der Waals surface area contributed by atoms with E-state index >= 15 is 0 Å². The minimum atomic E-state index is -0.557. The molecule has 0 radical (unpaired) electrons. The predicted octanol–water partition coefficient (Wildman–Crippen LogP) is 2.68. The van der Waals surface area contributed by atoms with Crippen molar-refractivity contribution < 1.29 is 9.90 Å². The Hall–Kier alpha value is -0.530. The lowest BCUT2D eigenvalue weighted by molar-refractivity contribution is -0.225. The van der Waals surface area contributed by atoms with Crippen molar-refractivity contribution in [3.05, 3.63) is 0 Å². The molecule has 0 aliphatic heterocycles. The first kappa shape index (κ1) is 9.04. The molecule has 0 heterocycles. The average molecular weight is 182 g/mol. The van der Waals surface area contributed by atoms with Crippen LogP contribution in [0.15, 0.2) is 0 Å². The number of rotatable bonds is 4. The number of aliphatic carboxylic acids is 1. The quantitative estimate of drug-likeness (QED) is 0.725. The summed E-state index contributed by atoms with van der Waals surface area (Å²) in [5.41, 5.74) is 0.194. The van der Waals surface area contributed by atoms with Crippen molar-refractivity contribution in [1.82, 2.24) is 0 Å². The summed E-state index contributed by atoms with van der Waals surface area (Å²) in [6, 6.07) is 0. The second-order valence-electron chi connectivity index (χ2n) is 5.55. The summed E-state index contributed by atoms with van der Waals surface area (Å²) in [7, 11) is 0. The highest BCUT2D eigenvalue weighted by Gasteiger charge is 2.71. The molecule has 3 aliphatic rings. The van der Waals surface area contributed by atoms with Crippen molar-refractivity contribution >= 4 is 5.97 Å². The molecule has 3 rings (SSSR count). The number of carbonyl (C=O) groups is 1. The van der Waals surface area contributed by atoms with Crippen molar-refractivity contribution in [2.24, 2.45) is 16.7 Å². The van der Waals surface area contributed by atoms with Gasteiger partial charge in [-0.1, -0.05) is 20.3 Å². The summed E-state index contributed by atoms with van der Waals surface area (Å²) in [6.45, 7) is 4.47. The standard InChI is InChI=1S/C11H18O2/c1-8(2)3-4-10-5-11(6-10,7-10)9(12)13/h8H,3-7H2,1-2H3,(H,12,13). The van der Waals surface area contributed by atoms with Gasteiger partial charge in [0.1, 0.15) is 0 Å². The third kappa shape index (κ3) is 1.18. The molecule has 2 heteroatoms. The Morgan fingerprint density at radius 2 is 1.92 bits per heavy atom. The summed E-state index contributed by atoms with van der Waals surface area (Å²) in [6.07, 6.45) is 5.39. The van der Waals surface area contributed by atoms with Crippen LogP contribution in [0.4, 0.5) is 0 Å². The van der Waals surface area contributed by atoms with Crippen LogP contribution in [0.1, 0.15) is 46.0 Å². The number of carboxylic acid groups (broad SMARTS) is 1. The Balaban J connectivity index is 1.80. The second kappa shape index (κ2) is 2.49. The molecule has 0 aromatic carbocycles. The van der Waals surface area contributed by atoms with Crippen molar-refractivity contribution in [1.29, 1.82) is 0 Å². The molecule has 0 aromatic rings. The molecule has 0 spiro atoms. The van der Waals surface area contributed by atoms with Crippen LogP contribution in [0, 0.1) is 16.7 Å². The van der Waals surface area contributed by atoms with Gasteiger partial charge in [0, 0.05) is 0 Å².